The molecule has 0 unspecified atom stereocenters. The van der Waals surface area contributed by atoms with E-state index >= 15 is 0 Å². The van der Waals surface area contributed by atoms with Crippen molar-refractivity contribution < 1.29 is 14.4 Å². The summed E-state index contributed by atoms with van der Waals surface area (Å²) < 4.78 is 0. The minimum absolute atomic E-state index is 0.151. The van der Waals surface area contributed by atoms with Gasteiger partial charge in [-0.3, -0.25) is 14.4 Å². The van der Waals surface area contributed by atoms with E-state index in [1.165, 1.54) is 19.3 Å². The van der Waals surface area contributed by atoms with E-state index in [2.05, 4.69) is 36.7 Å². The number of benzene rings is 1. The van der Waals surface area contributed by atoms with Gasteiger partial charge in [-0.2, -0.15) is 0 Å². The van der Waals surface area contributed by atoms with Crippen LogP contribution < -0.4 is 16.0 Å². The van der Waals surface area contributed by atoms with Gasteiger partial charge in [-0.05, 0) is 113 Å². The number of nitrogens with one attached hydrogen (secondary N) is 3. The van der Waals surface area contributed by atoms with Crippen molar-refractivity contribution in [1.82, 2.24) is 16.0 Å². The lowest BCUT2D eigenvalue weighted by atomic mass is 9.84. The summed E-state index contributed by atoms with van der Waals surface area (Å²) in [5.41, 5.74) is 1.19. The smallest absolute Gasteiger partial charge is 0.251 e. The molecular weight excluding hydrogens is 486 g/mol. The van der Waals surface area contributed by atoms with Gasteiger partial charge < -0.3 is 16.0 Å². The number of rotatable bonds is 9. The van der Waals surface area contributed by atoms with Crippen molar-refractivity contribution in [3.05, 3.63) is 34.9 Å². The number of carbonyl (C=O) groups excluding carboxylic acids is 3. The largest absolute Gasteiger partial charge is 0.349 e. The van der Waals surface area contributed by atoms with Crippen LogP contribution in [0.25, 0.3) is 0 Å². The second-order valence-electron chi connectivity index (χ2n) is 12.6. The molecule has 1 aromatic carbocycles. The summed E-state index contributed by atoms with van der Waals surface area (Å²) in [7, 11) is 0. The first-order chi connectivity index (χ1) is 18.9. The molecule has 1 aromatic rings. The Morgan fingerprint density at radius 3 is 0.923 bits per heavy atom. The molecule has 3 amide bonds. The first-order valence-corrected chi connectivity index (χ1v) is 16.0. The summed E-state index contributed by atoms with van der Waals surface area (Å²) in [6.07, 6.45) is 16.3. The molecule has 216 valence electrons. The van der Waals surface area contributed by atoms with E-state index in [4.69, 9.17) is 0 Å². The van der Waals surface area contributed by atoms with Crippen molar-refractivity contribution >= 4 is 17.7 Å². The van der Waals surface area contributed by atoms with Gasteiger partial charge in [-0.1, -0.05) is 40.0 Å². The van der Waals surface area contributed by atoms with Crippen LogP contribution in [0, 0.1) is 17.8 Å². The number of hydrogen-bond acceptors (Lipinski definition) is 3. The highest BCUT2D eigenvalue weighted by atomic mass is 16.2. The van der Waals surface area contributed by atoms with Gasteiger partial charge in [-0.15, -0.1) is 0 Å². The molecule has 0 heterocycles. The minimum Gasteiger partial charge on any atom is -0.349 e. The topological polar surface area (TPSA) is 87.3 Å². The fraction of sp³-hybridized carbons (Fsp3) is 0.727. The Bertz CT molecular complexity index is 832. The molecule has 39 heavy (non-hydrogen) atoms. The van der Waals surface area contributed by atoms with Crippen LogP contribution in [0.5, 0.6) is 0 Å². The van der Waals surface area contributed by atoms with Gasteiger partial charge in [0.25, 0.3) is 17.7 Å². The van der Waals surface area contributed by atoms with E-state index in [9.17, 15) is 14.4 Å². The normalized spacial score (nSPS) is 29.3. The molecule has 0 aromatic heterocycles. The molecule has 0 saturated heterocycles. The number of carbonyl (C=O) groups is 3. The molecule has 0 aliphatic heterocycles. The van der Waals surface area contributed by atoms with Crippen molar-refractivity contribution in [2.75, 3.05) is 0 Å². The van der Waals surface area contributed by atoms with Gasteiger partial charge in [0, 0.05) is 34.8 Å². The van der Waals surface area contributed by atoms with E-state index in [0.29, 0.717) is 16.7 Å². The minimum atomic E-state index is -0.189. The van der Waals surface area contributed by atoms with E-state index in [0.717, 1.165) is 94.8 Å². The SMILES string of the molecule is CCC1CCC(NC(=O)c2cc(C(=O)NC3CCC(CC)CC3)cc(C(=O)NC3CCC(CC)CC3)c2)CC1. The molecule has 3 N–H and O–H groups in total. The number of amides is 3. The van der Waals surface area contributed by atoms with Gasteiger partial charge in [0.1, 0.15) is 0 Å². The Hall–Kier alpha value is -2.37. The van der Waals surface area contributed by atoms with Crippen molar-refractivity contribution in [2.24, 2.45) is 17.8 Å². The van der Waals surface area contributed by atoms with Crippen LogP contribution in [-0.4, -0.2) is 35.8 Å². The van der Waals surface area contributed by atoms with Crippen LogP contribution in [0.2, 0.25) is 0 Å². The van der Waals surface area contributed by atoms with Crippen molar-refractivity contribution in [3.8, 4) is 0 Å². The van der Waals surface area contributed by atoms with E-state index < -0.39 is 0 Å². The van der Waals surface area contributed by atoms with E-state index in [1.54, 1.807) is 18.2 Å². The third kappa shape index (κ3) is 8.31. The highest BCUT2D eigenvalue weighted by molar-refractivity contribution is 6.04. The molecule has 0 bridgehead atoms. The van der Waals surface area contributed by atoms with Crippen LogP contribution in [0.1, 0.15) is 148 Å². The van der Waals surface area contributed by atoms with Gasteiger partial charge in [0.05, 0.1) is 0 Å². The highest BCUT2D eigenvalue weighted by Crippen LogP contribution is 2.29. The predicted molar refractivity (Wildman–Crippen MR) is 157 cm³/mol. The Morgan fingerprint density at radius 2 is 0.718 bits per heavy atom. The van der Waals surface area contributed by atoms with E-state index in [1.807, 2.05) is 0 Å². The van der Waals surface area contributed by atoms with Crippen LogP contribution in [0.3, 0.4) is 0 Å². The van der Waals surface area contributed by atoms with Gasteiger partial charge >= 0.3 is 0 Å². The fourth-order valence-electron chi connectivity index (χ4n) is 6.97. The van der Waals surface area contributed by atoms with Crippen LogP contribution in [-0.2, 0) is 0 Å². The Balaban J connectivity index is 1.47. The molecule has 0 atom stereocenters. The van der Waals surface area contributed by atoms with Gasteiger partial charge in [0.15, 0.2) is 0 Å². The lowest BCUT2D eigenvalue weighted by molar-refractivity contribution is 0.0921. The monoisotopic (exact) mass is 537 g/mol. The summed E-state index contributed by atoms with van der Waals surface area (Å²) in [4.78, 5) is 40.1. The Kier molecular flexibility index (Phi) is 10.9. The molecule has 6 heteroatoms. The van der Waals surface area contributed by atoms with Gasteiger partial charge in [0.2, 0.25) is 0 Å². The molecule has 4 rings (SSSR count). The molecule has 3 fully saturated rings. The molecule has 6 nitrogen and oxygen atoms in total. The zero-order valence-electron chi connectivity index (χ0n) is 24.5. The van der Waals surface area contributed by atoms with Crippen LogP contribution in [0.15, 0.2) is 18.2 Å². The Labute approximate surface area is 235 Å². The summed E-state index contributed by atoms with van der Waals surface area (Å²) >= 11 is 0. The highest BCUT2D eigenvalue weighted by Gasteiger charge is 2.26. The molecule has 0 radical (unpaired) electrons. The first kappa shape index (κ1) is 29.6. The van der Waals surface area contributed by atoms with Crippen molar-refractivity contribution in [1.29, 1.82) is 0 Å². The maximum absolute atomic E-state index is 13.4. The average Bonchev–Trinajstić information content (AvgIpc) is 2.98. The van der Waals surface area contributed by atoms with Gasteiger partial charge in [-0.25, -0.2) is 0 Å². The van der Waals surface area contributed by atoms with Crippen molar-refractivity contribution in [3.63, 3.8) is 0 Å². The Morgan fingerprint density at radius 1 is 0.487 bits per heavy atom. The molecule has 3 aliphatic carbocycles. The third-order valence-corrected chi connectivity index (χ3v) is 10.00. The zero-order valence-corrected chi connectivity index (χ0v) is 24.5. The predicted octanol–water partition coefficient (Wildman–Crippen LogP) is 6.78. The van der Waals surface area contributed by atoms with Crippen molar-refractivity contribution in [2.45, 2.75) is 135 Å². The summed E-state index contributed by atoms with van der Waals surface area (Å²) in [6, 6.07) is 5.46. The molecule has 3 saturated carbocycles. The van der Waals surface area contributed by atoms with Crippen LogP contribution in [0.4, 0.5) is 0 Å². The summed E-state index contributed by atoms with van der Waals surface area (Å²) in [5, 5.41) is 9.59. The third-order valence-electron chi connectivity index (χ3n) is 10.00. The summed E-state index contributed by atoms with van der Waals surface area (Å²) in [6.45, 7) is 6.70. The standard InChI is InChI=1S/C33H51N3O3/c1-4-22-7-13-28(14-8-22)34-31(37)25-19-26(32(38)35-29-15-9-23(5-2)10-16-29)21-27(20-25)33(39)36-30-17-11-24(6-3)12-18-30/h19-24,28-30H,4-18H2,1-3H3,(H,34,37)(H,35,38)(H,36,39). The maximum Gasteiger partial charge on any atom is 0.251 e. The second-order valence-corrected chi connectivity index (χ2v) is 12.6. The second kappa shape index (κ2) is 14.3. The first-order valence-electron chi connectivity index (χ1n) is 16.0. The zero-order chi connectivity index (χ0) is 27.8. The maximum atomic E-state index is 13.4. The van der Waals surface area contributed by atoms with E-state index in [-0.39, 0.29) is 35.8 Å². The lowest BCUT2D eigenvalue weighted by Gasteiger charge is -2.29. The average molecular weight is 538 g/mol. The fourth-order valence-corrected chi connectivity index (χ4v) is 6.97. The molecule has 0 spiro atoms. The quantitative estimate of drug-likeness (QED) is 0.324. The number of hydrogen-bond donors (Lipinski definition) is 3. The summed E-state index contributed by atoms with van der Waals surface area (Å²) in [5.74, 6) is 1.68. The lowest BCUT2D eigenvalue weighted by Crippen LogP contribution is -2.40. The van der Waals surface area contributed by atoms with Crippen LogP contribution >= 0.6 is 0 Å². The molecular formula is C33H51N3O3. The molecule has 3 aliphatic rings.